The van der Waals surface area contributed by atoms with Gasteiger partial charge in [0.25, 0.3) is 0 Å². The van der Waals surface area contributed by atoms with Gasteiger partial charge < -0.3 is 20.1 Å². The number of aromatic hydroxyl groups is 2. The summed E-state index contributed by atoms with van der Waals surface area (Å²) < 4.78 is 1.97. The molecule has 5 nitrogen and oxygen atoms in total. The second-order valence-corrected chi connectivity index (χ2v) is 3.76. The summed E-state index contributed by atoms with van der Waals surface area (Å²) >= 11 is 0. The van der Waals surface area contributed by atoms with Gasteiger partial charge in [0.05, 0.1) is 6.33 Å². The molecule has 0 radical (unpaired) electrons. The first-order chi connectivity index (χ1) is 8.27. The van der Waals surface area contributed by atoms with Gasteiger partial charge in [-0.05, 0) is 6.07 Å². The molecule has 0 unspecified atom stereocenters. The van der Waals surface area contributed by atoms with Crippen LogP contribution in [-0.2, 0) is 13.1 Å². The van der Waals surface area contributed by atoms with Crippen molar-refractivity contribution < 1.29 is 10.2 Å². The van der Waals surface area contributed by atoms with Gasteiger partial charge in [0, 0.05) is 37.6 Å². The van der Waals surface area contributed by atoms with Crippen LogP contribution in [0.25, 0.3) is 0 Å². The van der Waals surface area contributed by atoms with E-state index in [0.717, 1.165) is 13.1 Å². The molecule has 0 aliphatic heterocycles. The molecule has 0 aliphatic carbocycles. The minimum absolute atomic E-state index is 0.0531. The molecule has 0 saturated heterocycles. The molecule has 90 valence electrons. The van der Waals surface area contributed by atoms with Gasteiger partial charge in [0.1, 0.15) is 0 Å². The molecule has 1 heterocycles. The molecule has 5 heteroatoms. The van der Waals surface area contributed by atoms with E-state index >= 15 is 0 Å². The van der Waals surface area contributed by atoms with Crippen molar-refractivity contribution in [2.45, 2.75) is 13.1 Å². The summed E-state index contributed by atoms with van der Waals surface area (Å²) in [5.74, 6) is -0.137. The molecule has 0 bridgehead atoms. The number of nitrogens with one attached hydrogen (secondary N) is 1. The van der Waals surface area contributed by atoms with Crippen molar-refractivity contribution in [1.82, 2.24) is 14.9 Å². The van der Waals surface area contributed by atoms with Crippen molar-refractivity contribution >= 4 is 0 Å². The second kappa shape index (κ2) is 5.36. The maximum atomic E-state index is 9.58. The van der Waals surface area contributed by atoms with E-state index in [9.17, 15) is 10.2 Å². The van der Waals surface area contributed by atoms with Crippen molar-refractivity contribution in [3.8, 4) is 11.5 Å². The molecule has 0 atom stereocenters. The molecule has 0 saturated carbocycles. The zero-order valence-electron chi connectivity index (χ0n) is 9.37. The Morgan fingerprint density at radius 3 is 2.94 bits per heavy atom. The van der Waals surface area contributed by atoms with E-state index in [1.54, 1.807) is 24.7 Å². The van der Waals surface area contributed by atoms with Crippen LogP contribution >= 0.6 is 0 Å². The van der Waals surface area contributed by atoms with Crippen LogP contribution in [0.4, 0.5) is 0 Å². The second-order valence-electron chi connectivity index (χ2n) is 3.76. The van der Waals surface area contributed by atoms with Crippen molar-refractivity contribution in [2.24, 2.45) is 0 Å². The molecular formula is C12H15N3O2. The highest BCUT2D eigenvalue weighted by atomic mass is 16.3. The monoisotopic (exact) mass is 233 g/mol. The molecule has 2 rings (SSSR count). The Balaban J connectivity index is 1.80. The Labute approximate surface area is 99.4 Å². The number of aromatic nitrogens is 2. The van der Waals surface area contributed by atoms with Crippen LogP contribution in [0.1, 0.15) is 5.56 Å². The molecular weight excluding hydrogens is 218 g/mol. The van der Waals surface area contributed by atoms with E-state index in [-0.39, 0.29) is 11.5 Å². The minimum Gasteiger partial charge on any atom is -0.504 e. The molecule has 3 N–H and O–H groups in total. The first-order valence-corrected chi connectivity index (χ1v) is 5.43. The smallest absolute Gasteiger partial charge is 0.161 e. The molecule has 0 amide bonds. The zero-order chi connectivity index (χ0) is 12.1. The van der Waals surface area contributed by atoms with Crippen LogP contribution < -0.4 is 5.32 Å². The summed E-state index contributed by atoms with van der Waals surface area (Å²) in [6.07, 6.45) is 5.39. The van der Waals surface area contributed by atoms with Gasteiger partial charge in [-0.25, -0.2) is 4.98 Å². The molecule has 1 aromatic heterocycles. The Kier molecular flexibility index (Phi) is 3.62. The Hall–Kier alpha value is -2.01. The summed E-state index contributed by atoms with van der Waals surface area (Å²) in [5.41, 5.74) is 0.690. The zero-order valence-corrected chi connectivity index (χ0v) is 9.37. The number of hydrogen-bond donors (Lipinski definition) is 3. The third-order valence-electron chi connectivity index (χ3n) is 2.52. The summed E-state index contributed by atoms with van der Waals surface area (Å²) in [7, 11) is 0. The standard InChI is InChI=1S/C12H15N3O2/c16-11-3-1-2-10(12(11)17)8-13-4-6-15-7-5-14-9-15/h1-3,5,7,9,13,16-17H,4,6,8H2. The van der Waals surface area contributed by atoms with Gasteiger partial charge in [-0.1, -0.05) is 12.1 Å². The van der Waals surface area contributed by atoms with Crippen molar-refractivity contribution in [2.75, 3.05) is 6.54 Å². The van der Waals surface area contributed by atoms with E-state index < -0.39 is 0 Å². The minimum atomic E-state index is -0.0843. The van der Waals surface area contributed by atoms with E-state index in [4.69, 9.17) is 0 Å². The van der Waals surface area contributed by atoms with E-state index in [0.29, 0.717) is 12.1 Å². The van der Waals surface area contributed by atoms with Crippen LogP contribution in [0.15, 0.2) is 36.9 Å². The largest absolute Gasteiger partial charge is 0.504 e. The number of benzene rings is 1. The van der Waals surface area contributed by atoms with Crippen LogP contribution in [0, 0.1) is 0 Å². The SMILES string of the molecule is Oc1cccc(CNCCn2ccnc2)c1O. The van der Waals surface area contributed by atoms with Gasteiger partial charge in [0.2, 0.25) is 0 Å². The lowest BCUT2D eigenvalue weighted by molar-refractivity contribution is 0.397. The molecule has 2 aromatic rings. The first kappa shape index (κ1) is 11.5. The summed E-state index contributed by atoms with van der Waals surface area (Å²) in [5, 5.41) is 22.1. The average molecular weight is 233 g/mol. The van der Waals surface area contributed by atoms with Gasteiger partial charge in [-0.15, -0.1) is 0 Å². The fourth-order valence-corrected chi connectivity index (χ4v) is 1.57. The molecule has 0 aliphatic rings. The lowest BCUT2D eigenvalue weighted by Crippen LogP contribution is -2.18. The number of phenols is 2. The number of rotatable bonds is 5. The normalized spacial score (nSPS) is 10.6. The van der Waals surface area contributed by atoms with Gasteiger partial charge in [-0.3, -0.25) is 0 Å². The molecule has 0 fully saturated rings. The number of hydrogen-bond acceptors (Lipinski definition) is 4. The topological polar surface area (TPSA) is 70.3 Å². The van der Waals surface area contributed by atoms with Crippen LogP contribution in [0.2, 0.25) is 0 Å². The number of phenolic OH excluding ortho intramolecular Hbond substituents is 2. The maximum Gasteiger partial charge on any atom is 0.161 e. The quantitative estimate of drug-likeness (QED) is 0.534. The highest BCUT2D eigenvalue weighted by Crippen LogP contribution is 2.27. The van der Waals surface area contributed by atoms with Crippen molar-refractivity contribution in [3.63, 3.8) is 0 Å². The predicted molar refractivity (Wildman–Crippen MR) is 63.7 cm³/mol. The highest BCUT2D eigenvalue weighted by molar-refractivity contribution is 5.44. The van der Waals surface area contributed by atoms with Gasteiger partial charge >= 0.3 is 0 Å². The van der Waals surface area contributed by atoms with Gasteiger partial charge in [-0.2, -0.15) is 0 Å². The third kappa shape index (κ3) is 2.98. The average Bonchev–Trinajstić information content (AvgIpc) is 2.83. The summed E-state index contributed by atoms with van der Waals surface area (Å²) in [4.78, 5) is 3.95. The Morgan fingerprint density at radius 2 is 2.18 bits per heavy atom. The summed E-state index contributed by atoms with van der Waals surface area (Å²) in [6.45, 7) is 2.11. The van der Waals surface area contributed by atoms with Crippen LogP contribution in [-0.4, -0.2) is 26.3 Å². The molecule has 1 aromatic carbocycles. The van der Waals surface area contributed by atoms with Crippen LogP contribution in [0.5, 0.6) is 11.5 Å². The Bertz CT molecular complexity index is 469. The lowest BCUT2D eigenvalue weighted by atomic mass is 10.2. The van der Waals surface area contributed by atoms with Crippen molar-refractivity contribution in [3.05, 3.63) is 42.5 Å². The number of para-hydroxylation sites is 1. The molecule has 0 spiro atoms. The third-order valence-corrected chi connectivity index (χ3v) is 2.52. The van der Waals surface area contributed by atoms with E-state index in [1.807, 2.05) is 10.8 Å². The first-order valence-electron chi connectivity index (χ1n) is 5.43. The fourth-order valence-electron chi connectivity index (χ4n) is 1.57. The Morgan fingerprint density at radius 1 is 1.29 bits per heavy atom. The maximum absolute atomic E-state index is 9.58. The number of nitrogens with zero attached hydrogens (tertiary/aromatic N) is 2. The van der Waals surface area contributed by atoms with E-state index in [1.165, 1.54) is 6.07 Å². The lowest BCUT2D eigenvalue weighted by Gasteiger charge is -2.08. The summed E-state index contributed by atoms with van der Waals surface area (Å²) in [6, 6.07) is 4.95. The number of imidazole rings is 1. The van der Waals surface area contributed by atoms with Crippen molar-refractivity contribution in [1.29, 1.82) is 0 Å². The fraction of sp³-hybridized carbons (Fsp3) is 0.250. The molecule has 17 heavy (non-hydrogen) atoms. The van der Waals surface area contributed by atoms with Gasteiger partial charge in [0.15, 0.2) is 11.5 Å². The van der Waals surface area contributed by atoms with Crippen LogP contribution in [0.3, 0.4) is 0 Å². The van der Waals surface area contributed by atoms with E-state index in [2.05, 4.69) is 10.3 Å². The highest BCUT2D eigenvalue weighted by Gasteiger charge is 2.04. The predicted octanol–water partition coefficient (Wildman–Crippen LogP) is 1.08.